The molecule has 0 saturated carbocycles. The number of para-hydroxylation sites is 1. The zero-order valence-electron chi connectivity index (χ0n) is 14.0. The normalized spacial score (nSPS) is 10.3. The maximum absolute atomic E-state index is 12.0. The Morgan fingerprint density at radius 2 is 2.11 bits per heavy atom. The van der Waals surface area contributed by atoms with Gasteiger partial charge in [-0.05, 0) is 23.6 Å². The lowest BCUT2D eigenvalue weighted by atomic mass is 10.2. The highest BCUT2D eigenvalue weighted by molar-refractivity contribution is 7.14. The van der Waals surface area contributed by atoms with Crippen molar-refractivity contribution >= 4 is 39.1 Å². The molecule has 1 amide bonds. The third-order valence-corrected chi connectivity index (χ3v) is 4.46. The van der Waals surface area contributed by atoms with Crippen molar-refractivity contribution in [2.24, 2.45) is 0 Å². The van der Waals surface area contributed by atoms with Crippen molar-refractivity contribution in [3.05, 3.63) is 57.5 Å². The number of nitrogens with one attached hydrogen (secondary N) is 2. The largest absolute Gasteiger partial charge is 0.456 e. The van der Waals surface area contributed by atoms with Crippen LogP contribution in [0.25, 0.3) is 10.9 Å². The zero-order valence-corrected chi connectivity index (χ0v) is 14.8. The summed E-state index contributed by atoms with van der Waals surface area (Å²) >= 11 is 1.21. The van der Waals surface area contributed by atoms with E-state index in [1.807, 2.05) is 6.07 Å². The molecule has 3 aromatic rings. The number of H-pyrrole nitrogens is 1. The number of aromatic amines is 1. The van der Waals surface area contributed by atoms with E-state index in [9.17, 15) is 14.4 Å². The van der Waals surface area contributed by atoms with Gasteiger partial charge in [-0.15, -0.1) is 11.3 Å². The van der Waals surface area contributed by atoms with Gasteiger partial charge in [-0.1, -0.05) is 12.1 Å². The van der Waals surface area contributed by atoms with Crippen LogP contribution in [0.3, 0.4) is 0 Å². The van der Waals surface area contributed by atoms with Gasteiger partial charge < -0.3 is 15.0 Å². The lowest BCUT2D eigenvalue weighted by molar-refractivity contribution is -0.147. The van der Waals surface area contributed by atoms with Gasteiger partial charge in [0.15, 0.2) is 6.61 Å². The average molecular weight is 382 g/mol. The fourth-order valence-corrected chi connectivity index (χ4v) is 3.10. The van der Waals surface area contributed by atoms with Crippen molar-refractivity contribution in [2.75, 3.05) is 11.9 Å². The Morgan fingerprint density at radius 1 is 1.30 bits per heavy atom. The van der Waals surface area contributed by atoms with Crippen LogP contribution >= 0.6 is 11.3 Å². The first-order valence-electron chi connectivity index (χ1n) is 7.98. The van der Waals surface area contributed by atoms with Crippen LogP contribution in [0.2, 0.25) is 0 Å². The van der Waals surface area contributed by atoms with Gasteiger partial charge in [-0.2, -0.15) is 5.26 Å². The van der Waals surface area contributed by atoms with Crippen molar-refractivity contribution in [3.63, 3.8) is 0 Å². The predicted octanol–water partition coefficient (Wildman–Crippen LogP) is 1.97. The maximum atomic E-state index is 12.0. The van der Waals surface area contributed by atoms with E-state index in [4.69, 9.17) is 10.00 Å². The maximum Gasteiger partial charge on any atom is 0.306 e. The molecule has 0 bridgehead atoms. The smallest absolute Gasteiger partial charge is 0.306 e. The number of aromatic nitrogens is 2. The fraction of sp³-hybridized carbons (Fsp3) is 0.167. The van der Waals surface area contributed by atoms with Gasteiger partial charge in [0, 0.05) is 6.42 Å². The van der Waals surface area contributed by atoms with Gasteiger partial charge in [0.05, 0.1) is 22.9 Å². The number of hydrogen-bond donors (Lipinski definition) is 2. The molecule has 136 valence electrons. The Kier molecular flexibility index (Phi) is 5.58. The van der Waals surface area contributed by atoms with Crippen LogP contribution in [0.15, 0.2) is 40.5 Å². The number of ether oxygens (including phenoxy) is 1. The number of fused-ring (bicyclic) bond motifs is 1. The summed E-state index contributed by atoms with van der Waals surface area (Å²) in [5.74, 6) is -0.746. The quantitative estimate of drug-likeness (QED) is 0.628. The number of hydrogen-bond acceptors (Lipinski definition) is 7. The van der Waals surface area contributed by atoms with Crippen LogP contribution in [-0.2, 0) is 20.7 Å². The van der Waals surface area contributed by atoms with Crippen molar-refractivity contribution in [1.29, 1.82) is 5.26 Å². The lowest BCUT2D eigenvalue weighted by Gasteiger charge is -2.06. The van der Waals surface area contributed by atoms with Crippen molar-refractivity contribution in [2.45, 2.75) is 12.8 Å². The Bertz CT molecular complexity index is 1100. The molecule has 2 N–H and O–H groups in total. The molecule has 0 spiro atoms. The van der Waals surface area contributed by atoms with Crippen molar-refractivity contribution in [1.82, 2.24) is 9.97 Å². The first kappa shape index (κ1) is 18.3. The molecular weight excluding hydrogens is 368 g/mol. The molecule has 3 rings (SSSR count). The molecule has 0 aliphatic carbocycles. The summed E-state index contributed by atoms with van der Waals surface area (Å²) < 4.78 is 4.92. The molecule has 0 fully saturated rings. The van der Waals surface area contributed by atoms with Crippen LogP contribution in [0, 0.1) is 11.3 Å². The lowest BCUT2D eigenvalue weighted by Crippen LogP contribution is -2.21. The Labute approximate surface area is 157 Å². The molecule has 0 unspecified atom stereocenters. The van der Waals surface area contributed by atoms with Gasteiger partial charge in [0.2, 0.25) is 0 Å². The number of amides is 1. The number of anilines is 1. The Morgan fingerprint density at radius 3 is 2.93 bits per heavy atom. The number of aryl methyl sites for hydroxylation is 1. The molecular formula is C18H14N4O4S. The number of carbonyl (C=O) groups excluding carboxylic acids is 2. The number of nitriles is 1. The molecule has 2 aromatic heterocycles. The standard InChI is InChI=1S/C18H14N4O4S/c19-9-11-7-8-27-18(11)22-15(23)10-26-16(24)6-5-14-20-13-4-2-1-3-12(13)17(25)21-14/h1-4,7-8H,5-6,10H2,(H,22,23)(H,20,21,25). The van der Waals surface area contributed by atoms with E-state index in [1.165, 1.54) is 11.3 Å². The van der Waals surface area contributed by atoms with Gasteiger partial charge in [-0.3, -0.25) is 14.4 Å². The van der Waals surface area contributed by atoms with E-state index in [1.54, 1.807) is 35.7 Å². The molecule has 8 nitrogen and oxygen atoms in total. The molecule has 2 heterocycles. The van der Waals surface area contributed by atoms with Crippen molar-refractivity contribution < 1.29 is 14.3 Å². The first-order valence-corrected chi connectivity index (χ1v) is 8.86. The zero-order chi connectivity index (χ0) is 19.2. The van der Waals surface area contributed by atoms with Crippen LogP contribution in [0.5, 0.6) is 0 Å². The minimum atomic E-state index is -0.590. The van der Waals surface area contributed by atoms with Crippen LogP contribution in [0.1, 0.15) is 17.8 Å². The summed E-state index contributed by atoms with van der Waals surface area (Å²) in [6.45, 7) is -0.455. The number of nitrogens with zero attached hydrogens (tertiary/aromatic N) is 2. The van der Waals surface area contributed by atoms with Crippen LogP contribution in [0.4, 0.5) is 5.00 Å². The van der Waals surface area contributed by atoms with E-state index >= 15 is 0 Å². The molecule has 1 aromatic carbocycles. The van der Waals surface area contributed by atoms with Crippen LogP contribution < -0.4 is 10.9 Å². The van der Waals surface area contributed by atoms with Crippen LogP contribution in [-0.4, -0.2) is 28.5 Å². The SMILES string of the molecule is N#Cc1ccsc1NC(=O)COC(=O)CCc1nc2ccccc2c(=O)[nH]1. The predicted molar refractivity (Wildman–Crippen MR) is 99.3 cm³/mol. The van der Waals surface area contributed by atoms with E-state index in [2.05, 4.69) is 15.3 Å². The third kappa shape index (κ3) is 4.56. The highest BCUT2D eigenvalue weighted by Gasteiger charge is 2.12. The minimum absolute atomic E-state index is 0.0307. The molecule has 0 radical (unpaired) electrons. The van der Waals surface area contributed by atoms with E-state index in [0.717, 1.165) is 0 Å². The summed E-state index contributed by atoms with van der Waals surface area (Å²) in [4.78, 5) is 42.5. The van der Waals surface area contributed by atoms with Crippen molar-refractivity contribution in [3.8, 4) is 6.07 Å². The molecule has 0 aliphatic heterocycles. The number of benzene rings is 1. The first-order chi connectivity index (χ1) is 13.1. The molecule has 0 atom stereocenters. The summed E-state index contributed by atoms with van der Waals surface area (Å²) in [6, 6.07) is 10.5. The molecule has 0 saturated heterocycles. The topological polar surface area (TPSA) is 125 Å². The molecule has 9 heteroatoms. The summed E-state index contributed by atoms with van der Waals surface area (Å²) in [5, 5.41) is 14.0. The second kappa shape index (κ2) is 8.25. The van der Waals surface area contributed by atoms with Gasteiger partial charge in [0.1, 0.15) is 16.9 Å². The van der Waals surface area contributed by atoms with Gasteiger partial charge >= 0.3 is 5.97 Å². The third-order valence-electron chi connectivity index (χ3n) is 3.63. The second-order valence-corrected chi connectivity index (χ2v) is 6.43. The number of carbonyl (C=O) groups is 2. The summed E-state index contributed by atoms with van der Waals surface area (Å²) in [7, 11) is 0. The fourth-order valence-electron chi connectivity index (χ4n) is 2.35. The highest BCUT2D eigenvalue weighted by Crippen LogP contribution is 2.21. The minimum Gasteiger partial charge on any atom is -0.456 e. The summed E-state index contributed by atoms with van der Waals surface area (Å²) in [5.41, 5.74) is 0.631. The van der Waals surface area contributed by atoms with E-state index in [-0.39, 0.29) is 18.4 Å². The summed E-state index contributed by atoms with van der Waals surface area (Å²) in [6.07, 6.45) is 0.154. The van der Waals surface area contributed by atoms with E-state index in [0.29, 0.717) is 27.3 Å². The van der Waals surface area contributed by atoms with E-state index < -0.39 is 18.5 Å². The number of esters is 1. The Balaban J connectivity index is 1.51. The number of thiophene rings is 1. The Hall–Kier alpha value is -3.51. The number of rotatable bonds is 6. The van der Waals surface area contributed by atoms with Gasteiger partial charge in [0.25, 0.3) is 11.5 Å². The monoisotopic (exact) mass is 382 g/mol. The molecule has 0 aliphatic rings. The average Bonchev–Trinajstić information content (AvgIpc) is 3.12. The van der Waals surface area contributed by atoms with Gasteiger partial charge in [-0.25, -0.2) is 4.98 Å². The molecule has 27 heavy (non-hydrogen) atoms. The highest BCUT2D eigenvalue weighted by atomic mass is 32.1. The second-order valence-electron chi connectivity index (χ2n) is 5.51.